The first-order chi connectivity index (χ1) is 17.1. The lowest BCUT2D eigenvalue weighted by molar-refractivity contribution is -0.141. The summed E-state index contributed by atoms with van der Waals surface area (Å²) in [4.78, 5) is 41.5. The Bertz CT molecular complexity index is 934. The molecule has 2 amide bonds. The van der Waals surface area contributed by atoms with Crippen LogP contribution < -0.4 is 10.6 Å². The molecular formula is C30H49N3O4. The summed E-state index contributed by atoms with van der Waals surface area (Å²) in [6.07, 6.45) is 2.62. The zero-order chi connectivity index (χ0) is 28.6. The second kappa shape index (κ2) is 13.8. The number of nitrogens with one attached hydrogen (secondary N) is 2. The second-order valence-corrected chi connectivity index (χ2v) is 11.5. The third-order valence-electron chi connectivity index (χ3n) is 7.23. The van der Waals surface area contributed by atoms with Gasteiger partial charge in [-0.1, -0.05) is 91.3 Å². The van der Waals surface area contributed by atoms with Crippen molar-refractivity contribution in [1.29, 1.82) is 0 Å². The zero-order valence-electron chi connectivity index (χ0n) is 24.8. The van der Waals surface area contributed by atoms with E-state index in [-0.39, 0.29) is 30.4 Å². The predicted molar refractivity (Wildman–Crippen MR) is 150 cm³/mol. The maximum atomic E-state index is 13.9. The van der Waals surface area contributed by atoms with Crippen molar-refractivity contribution in [3.63, 3.8) is 0 Å². The lowest BCUT2D eigenvalue weighted by Gasteiger charge is -2.40. The van der Waals surface area contributed by atoms with Gasteiger partial charge >= 0.3 is 5.97 Å². The average molecular weight is 516 g/mol. The summed E-state index contributed by atoms with van der Waals surface area (Å²) < 4.78 is 5.14. The van der Waals surface area contributed by atoms with E-state index in [9.17, 15) is 14.4 Å². The maximum absolute atomic E-state index is 13.9. The van der Waals surface area contributed by atoms with Gasteiger partial charge in [-0.05, 0) is 37.8 Å². The van der Waals surface area contributed by atoms with Gasteiger partial charge in [-0.2, -0.15) is 0 Å². The molecule has 7 heteroatoms. The van der Waals surface area contributed by atoms with Gasteiger partial charge in [0.05, 0.1) is 18.7 Å². The number of amides is 2. The van der Waals surface area contributed by atoms with Gasteiger partial charge in [0.25, 0.3) is 0 Å². The molecule has 7 nitrogen and oxygen atoms in total. The number of carbonyl (C=O) groups excluding carboxylic acids is 3. The van der Waals surface area contributed by atoms with Gasteiger partial charge in [-0.15, -0.1) is 0 Å². The molecule has 0 aliphatic rings. The molecule has 0 aliphatic carbocycles. The van der Waals surface area contributed by atoms with Gasteiger partial charge in [0.2, 0.25) is 11.8 Å². The summed E-state index contributed by atoms with van der Waals surface area (Å²) in [7, 11) is 3.50. The molecule has 208 valence electrons. The van der Waals surface area contributed by atoms with Gasteiger partial charge in [0.1, 0.15) is 6.04 Å². The molecule has 2 N–H and O–H groups in total. The summed E-state index contributed by atoms with van der Waals surface area (Å²) >= 11 is 0. The highest BCUT2D eigenvalue weighted by atomic mass is 16.5. The van der Waals surface area contributed by atoms with Crippen LogP contribution in [-0.4, -0.2) is 61.5 Å². The third-order valence-corrected chi connectivity index (χ3v) is 7.23. The number of hydrogen-bond donors (Lipinski definition) is 2. The highest BCUT2D eigenvalue weighted by Gasteiger charge is 2.41. The molecule has 1 aromatic rings. The Morgan fingerprint density at radius 1 is 1.03 bits per heavy atom. The monoisotopic (exact) mass is 515 g/mol. The van der Waals surface area contributed by atoms with Crippen LogP contribution in [0.1, 0.15) is 74.3 Å². The predicted octanol–water partition coefficient (Wildman–Crippen LogP) is 4.47. The minimum Gasteiger partial charge on any atom is -0.463 e. The topological polar surface area (TPSA) is 87.7 Å². The van der Waals surface area contributed by atoms with E-state index >= 15 is 0 Å². The molecule has 1 rings (SSSR count). The smallest absolute Gasteiger partial charge is 0.333 e. The molecule has 37 heavy (non-hydrogen) atoms. The van der Waals surface area contributed by atoms with Crippen LogP contribution in [-0.2, 0) is 24.5 Å². The van der Waals surface area contributed by atoms with Crippen LogP contribution in [0.2, 0.25) is 0 Å². The van der Waals surface area contributed by atoms with E-state index in [1.54, 1.807) is 38.9 Å². The van der Waals surface area contributed by atoms with Crippen LogP contribution in [0, 0.1) is 11.3 Å². The Kier molecular flexibility index (Phi) is 12.0. The van der Waals surface area contributed by atoms with Crippen molar-refractivity contribution in [3.05, 3.63) is 47.5 Å². The van der Waals surface area contributed by atoms with Crippen molar-refractivity contribution >= 4 is 17.8 Å². The molecular weight excluding hydrogens is 466 g/mol. The SMILES string of the molecule is CCOC(=O)/C(C)=C/C([C@@H](C)CC)N(C)C(=O)C(NC(=O)C(NC)C(C)(C)c1ccccc1)C(C)(C)C. The summed E-state index contributed by atoms with van der Waals surface area (Å²) in [5.41, 5.74) is 0.423. The van der Waals surface area contributed by atoms with Crippen molar-refractivity contribution in [1.82, 2.24) is 15.5 Å². The van der Waals surface area contributed by atoms with E-state index in [1.807, 2.05) is 71.9 Å². The first kappa shape index (κ1) is 32.4. The third kappa shape index (κ3) is 8.42. The van der Waals surface area contributed by atoms with Gasteiger partial charge in [0.15, 0.2) is 0 Å². The van der Waals surface area contributed by atoms with E-state index < -0.39 is 28.9 Å². The quantitative estimate of drug-likeness (QED) is 0.317. The molecule has 1 aromatic carbocycles. The normalized spacial score (nSPS) is 15.8. The molecule has 0 fully saturated rings. The highest BCUT2D eigenvalue weighted by Crippen LogP contribution is 2.29. The molecule has 0 saturated heterocycles. The summed E-state index contributed by atoms with van der Waals surface area (Å²) in [6.45, 7) is 17.7. The number of carbonyl (C=O) groups is 3. The van der Waals surface area contributed by atoms with Crippen molar-refractivity contribution in [3.8, 4) is 0 Å². The fraction of sp³-hybridized carbons (Fsp3) is 0.633. The molecule has 0 saturated carbocycles. The van der Waals surface area contributed by atoms with Crippen LogP contribution in [0.4, 0.5) is 0 Å². The molecule has 0 heterocycles. The van der Waals surface area contributed by atoms with Crippen molar-refractivity contribution in [2.24, 2.45) is 11.3 Å². The van der Waals surface area contributed by atoms with E-state index in [2.05, 4.69) is 17.6 Å². The summed E-state index contributed by atoms with van der Waals surface area (Å²) in [5.74, 6) is -0.739. The van der Waals surface area contributed by atoms with Crippen LogP contribution in [0.3, 0.4) is 0 Å². The Morgan fingerprint density at radius 3 is 2.05 bits per heavy atom. The number of rotatable bonds is 12. The van der Waals surface area contributed by atoms with E-state index in [1.165, 1.54) is 0 Å². The van der Waals surface area contributed by atoms with Gasteiger partial charge in [0, 0.05) is 18.0 Å². The Labute approximate surface area is 224 Å². The molecule has 0 radical (unpaired) electrons. The fourth-order valence-electron chi connectivity index (χ4n) is 4.55. The largest absolute Gasteiger partial charge is 0.463 e. The van der Waals surface area contributed by atoms with Crippen LogP contribution in [0.5, 0.6) is 0 Å². The van der Waals surface area contributed by atoms with Crippen molar-refractivity contribution < 1.29 is 19.1 Å². The van der Waals surface area contributed by atoms with Crippen LogP contribution >= 0.6 is 0 Å². The number of likely N-dealkylation sites (N-methyl/N-ethyl adjacent to an activating group) is 2. The number of hydrogen-bond acceptors (Lipinski definition) is 5. The summed E-state index contributed by atoms with van der Waals surface area (Å²) in [5, 5.41) is 6.24. The standard InChI is InChI=1S/C30H49N3O4/c1-12-20(3)23(19-21(4)28(36)37-13-2)33(11)27(35)25(29(5,6)7)32-26(34)24(31-10)30(8,9)22-17-15-14-16-18-22/h14-20,23-25,31H,12-13H2,1-11H3,(H,32,34)/b21-19+/t20-,23?,24?,25?/m0/s1. The average Bonchev–Trinajstić information content (AvgIpc) is 2.84. The van der Waals surface area contributed by atoms with E-state index in [0.717, 1.165) is 12.0 Å². The molecule has 0 aromatic heterocycles. The molecule has 0 bridgehead atoms. The van der Waals surface area contributed by atoms with E-state index in [4.69, 9.17) is 4.74 Å². The lowest BCUT2D eigenvalue weighted by atomic mass is 9.76. The molecule has 0 spiro atoms. The first-order valence-corrected chi connectivity index (χ1v) is 13.3. The van der Waals surface area contributed by atoms with Gasteiger partial charge in [-0.3, -0.25) is 9.59 Å². The van der Waals surface area contributed by atoms with Crippen LogP contribution in [0.15, 0.2) is 42.0 Å². The zero-order valence-corrected chi connectivity index (χ0v) is 24.8. The second-order valence-electron chi connectivity index (χ2n) is 11.5. The van der Waals surface area contributed by atoms with Crippen LogP contribution in [0.25, 0.3) is 0 Å². The van der Waals surface area contributed by atoms with Gasteiger partial charge in [-0.25, -0.2) is 4.79 Å². The first-order valence-electron chi connectivity index (χ1n) is 13.3. The fourth-order valence-corrected chi connectivity index (χ4v) is 4.55. The maximum Gasteiger partial charge on any atom is 0.333 e. The minimum atomic E-state index is -0.768. The van der Waals surface area contributed by atoms with Crippen molar-refractivity contribution in [2.45, 2.75) is 92.3 Å². The number of benzene rings is 1. The minimum absolute atomic E-state index is 0.0942. The molecule has 3 unspecified atom stereocenters. The Balaban J connectivity index is 3.33. The number of esters is 1. The summed E-state index contributed by atoms with van der Waals surface area (Å²) in [6, 6.07) is 8.22. The molecule has 4 atom stereocenters. The highest BCUT2D eigenvalue weighted by molar-refractivity contribution is 5.92. The molecule has 0 aliphatic heterocycles. The Morgan fingerprint density at radius 2 is 1.59 bits per heavy atom. The number of nitrogens with zero attached hydrogens (tertiary/aromatic N) is 1. The van der Waals surface area contributed by atoms with E-state index in [0.29, 0.717) is 5.57 Å². The van der Waals surface area contributed by atoms with Crippen molar-refractivity contribution in [2.75, 3.05) is 20.7 Å². The Hall–Kier alpha value is -2.67. The number of ether oxygens (including phenoxy) is 1. The van der Waals surface area contributed by atoms with Gasteiger partial charge < -0.3 is 20.3 Å². The lowest BCUT2D eigenvalue weighted by Crippen LogP contribution is -2.61.